The van der Waals surface area contributed by atoms with Crippen LogP contribution in [0.5, 0.6) is 0 Å². The molecule has 5 nitrogen and oxygen atoms in total. The molecule has 5 heteroatoms. The van der Waals surface area contributed by atoms with Crippen LogP contribution in [0.15, 0.2) is 48.5 Å². The van der Waals surface area contributed by atoms with Crippen LogP contribution in [-0.4, -0.2) is 24.4 Å². The van der Waals surface area contributed by atoms with E-state index in [1.165, 1.54) is 5.56 Å². The van der Waals surface area contributed by atoms with Crippen molar-refractivity contribution in [2.45, 2.75) is 45.1 Å². The average Bonchev–Trinajstić information content (AvgIpc) is 3.20. The van der Waals surface area contributed by atoms with Gasteiger partial charge in [0.25, 0.3) is 5.91 Å². The predicted octanol–water partition coefficient (Wildman–Crippen LogP) is 3.97. The van der Waals surface area contributed by atoms with Crippen LogP contribution in [-0.2, 0) is 11.2 Å². The number of rotatable bonds is 7. The Morgan fingerprint density at radius 1 is 0.963 bits per heavy atom. The van der Waals surface area contributed by atoms with E-state index in [1.54, 1.807) is 12.1 Å². The van der Waals surface area contributed by atoms with Gasteiger partial charge < -0.3 is 16.0 Å². The lowest BCUT2D eigenvalue weighted by Gasteiger charge is -2.15. The summed E-state index contributed by atoms with van der Waals surface area (Å²) < 4.78 is 0. The molecule has 3 N–H and O–H groups in total. The van der Waals surface area contributed by atoms with Gasteiger partial charge in [0.15, 0.2) is 0 Å². The number of nitrogens with one attached hydrogen (secondary N) is 3. The molecule has 2 amide bonds. The van der Waals surface area contributed by atoms with Crippen molar-refractivity contribution in [1.29, 1.82) is 0 Å². The lowest BCUT2D eigenvalue weighted by Crippen LogP contribution is -2.33. The Morgan fingerprint density at radius 2 is 1.63 bits per heavy atom. The standard InChI is InChI=1S/C22H27N3O2/c1-2-16-9-3-7-13-19(16)23-15-21(26)25-20-14-8-6-12-18(20)22(27)24-17-10-4-5-11-17/h3,6-9,12-14,17,23H,2,4-5,10-11,15H2,1H3,(H,24,27)(H,25,26). The Morgan fingerprint density at radius 3 is 2.37 bits per heavy atom. The summed E-state index contributed by atoms with van der Waals surface area (Å²) in [4.78, 5) is 25.0. The van der Waals surface area contributed by atoms with Gasteiger partial charge in [-0.2, -0.15) is 0 Å². The average molecular weight is 365 g/mol. The van der Waals surface area contributed by atoms with Crippen LogP contribution in [0.4, 0.5) is 11.4 Å². The summed E-state index contributed by atoms with van der Waals surface area (Å²) >= 11 is 0. The van der Waals surface area contributed by atoms with Crippen molar-refractivity contribution < 1.29 is 9.59 Å². The van der Waals surface area contributed by atoms with Gasteiger partial charge in [-0.3, -0.25) is 9.59 Å². The van der Waals surface area contributed by atoms with Gasteiger partial charge in [0, 0.05) is 11.7 Å². The number of benzene rings is 2. The zero-order valence-corrected chi connectivity index (χ0v) is 15.8. The molecule has 0 unspecified atom stereocenters. The molecule has 0 aromatic heterocycles. The Kier molecular flexibility index (Phi) is 6.47. The van der Waals surface area contributed by atoms with Gasteiger partial charge in [-0.25, -0.2) is 0 Å². The molecule has 0 spiro atoms. The number of anilines is 2. The molecular formula is C22H27N3O2. The third-order valence-electron chi connectivity index (χ3n) is 4.97. The van der Waals surface area contributed by atoms with E-state index in [-0.39, 0.29) is 24.4 Å². The molecule has 0 heterocycles. The zero-order valence-electron chi connectivity index (χ0n) is 15.8. The van der Waals surface area contributed by atoms with Gasteiger partial charge in [-0.1, -0.05) is 50.1 Å². The normalized spacial score (nSPS) is 14.0. The quantitative estimate of drug-likeness (QED) is 0.695. The molecule has 1 aliphatic carbocycles. The number of hydrogen-bond acceptors (Lipinski definition) is 3. The maximum absolute atomic E-state index is 12.6. The number of aryl methyl sites for hydroxylation is 1. The van der Waals surface area contributed by atoms with Crippen LogP contribution in [0, 0.1) is 0 Å². The molecule has 1 aliphatic rings. The van der Waals surface area contributed by atoms with Gasteiger partial charge in [0.05, 0.1) is 17.8 Å². The Balaban J connectivity index is 1.61. The third-order valence-corrected chi connectivity index (χ3v) is 4.97. The molecule has 2 aromatic carbocycles. The van der Waals surface area contributed by atoms with Gasteiger partial charge in [0.1, 0.15) is 0 Å². The summed E-state index contributed by atoms with van der Waals surface area (Å²) in [7, 11) is 0. The predicted molar refractivity (Wildman–Crippen MR) is 109 cm³/mol. The van der Waals surface area contributed by atoms with Gasteiger partial charge in [0.2, 0.25) is 5.91 Å². The molecule has 1 saturated carbocycles. The minimum atomic E-state index is -0.179. The van der Waals surface area contributed by atoms with Crippen molar-refractivity contribution in [2.75, 3.05) is 17.2 Å². The molecule has 0 atom stereocenters. The lowest BCUT2D eigenvalue weighted by atomic mass is 10.1. The molecule has 0 bridgehead atoms. The van der Waals surface area contributed by atoms with Crippen LogP contribution >= 0.6 is 0 Å². The highest BCUT2D eigenvalue weighted by molar-refractivity contribution is 6.04. The smallest absolute Gasteiger partial charge is 0.253 e. The fourth-order valence-corrected chi connectivity index (χ4v) is 3.49. The van der Waals surface area contributed by atoms with E-state index >= 15 is 0 Å². The lowest BCUT2D eigenvalue weighted by molar-refractivity contribution is -0.114. The summed E-state index contributed by atoms with van der Waals surface area (Å²) in [6, 6.07) is 15.3. The topological polar surface area (TPSA) is 70.2 Å². The largest absolute Gasteiger partial charge is 0.376 e. The van der Waals surface area contributed by atoms with Crippen LogP contribution in [0.3, 0.4) is 0 Å². The second kappa shape index (κ2) is 9.21. The van der Waals surface area contributed by atoms with E-state index < -0.39 is 0 Å². The van der Waals surface area contributed by atoms with Crippen molar-refractivity contribution in [2.24, 2.45) is 0 Å². The highest BCUT2D eigenvalue weighted by atomic mass is 16.2. The van der Waals surface area contributed by atoms with E-state index in [9.17, 15) is 9.59 Å². The van der Waals surface area contributed by atoms with Gasteiger partial charge in [-0.05, 0) is 43.0 Å². The number of carbonyl (C=O) groups is 2. The zero-order chi connectivity index (χ0) is 19.1. The van der Waals surface area contributed by atoms with Crippen molar-refractivity contribution in [3.05, 3.63) is 59.7 Å². The number of hydrogen-bond donors (Lipinski definition) is 3. The molecule has 1 fully saturated rings. The van der Waals surface area contributed by atoms with E-state index in [2.05, 4.69) is 22.9 Å². The second-order valence-corrected chi connectivity index (χ2v) is 6.91. The number of carbonyl (C=O) groups excluding carboxylic acids is 2. The molecule has 142 valence electrons. The van der Waals surface area contributed by atoms with Crippen LogP contribution < -0.4 is 16.0 Å². The second-order valence-electron chi connectivity index (χ2n) is 6.91. The van der Waals surface area contributed by atoms with E-state index in [0.717, 1.165) is 37.8 Å². The molecule has 27 heavy (non-hydrogen) atoms. The first-order valence-corrected chi connectivity index (χ1v) is 9.69. The summed E-state index contributed by atoms with van der Waals surface area (Å²) in [6.45, 7) is 2.23. The molecule has 0 radical (unpaired) electrons. The van der Waals surface area contributed by atoms with Gasteiger partial charge >= 0.3 is 0 Å². The minimum Gasteiger partial charge on any atom is -0.376 e. The fraction of sp³-hybridized carbons (Fsp3) is 0.364. The maximum Gasteiger partial charge on any atom is 0.253 e. The maximum atomic E-state index is 12.6. The number of amides is 2. The van der Waals surface area contributed by atoms with Crippen molar-refractivity contribution in [3.63, 3.8) is 0 Å². The molecule has 0 aliphatic heterocycles. The molecular weight excluding hydrogens is 338 g/mol. The van der Waals surface area contributed by atoms with Crippen LogP contribution in [0.25, 0.3) is 0 Å². The third kappa shape index (κ3) is 5.09. The summed E-state index contributed by atoms with van der Waals surface area (Å²) in [5.41, 5.74) is 3.18. The van der Waals surface area contributed by atoms with Crippen LogP contribution in [0.2, 0.25) is 0 Å². The van der Waals surface area contributed by atoms with Crippen molar-refractivity contribution in [1.82, 2.24) is 5.32 Å². The highest BCUT2D eigenvalue weighted by Crippen LogP contribution is 2.20. The van der Waals surface area contributed by atoms with Crippen molar-refractivity contribution in [3.8, 4) is 0 Å². The number of para-hydroxylation sites is 2. The molecule has 2 aromatic rings. The summed E-state index contributed by atoms with van der Waals surface area (Å²) in [5.74, 6) is -0.302. The first-order valence-electron chi connectivity index (χ1n) is 9.69. The van der Waals surface area contributed by atoms with Gasteiger partial charge in [-0.15, -0.1) is 0 Å². The minimum absolute atomic E-state index is 0.123. The Hall–Kier alpha value is -2.82. The summed E-state index contributed by atoms with van der Waals surface area (Å²) in [5, 5.41) is 9.12. The van der Waals surface area contributed by atoms with E-state index in [0.29, 0.717) is 11.3 Å². The SMILES string of the molecule is CCc1ccccc1NCC(=O)Nc1ccccc1C(=O)NC1CCCC1. The Bertz CT molecular complexity index is 798. The molecule has 3 rings (SSSR count). The van der Waals surface area contributed by atoms with Crippen molar-refractivity contribution >= 4 is 23.2 Å². The van der Waals surface area contributed by atoms with E-state index in [1.807, 2.05) is 36.4 Å². The highest BCUT2D eigenvalue weighted by Gasteiger charge is 2.20. The first kappa shape index (κ1) is 19.0. The first-order chi connectivity index (χ1) is 13.2. The fourth-order valence-electron chi connectivity index (χ4n) is 3.49. The monoisotopic (exact) mass is 365 g/mol. The molecule has 0 saturated heterocycles. The Labute approximate surface area is 160 Å². The van der Waals surface area contributed by atoms with Crippen LogP contribution in [0.1, 0.15) is 48.5 Å². The summed E-state index contributed by atoms with van der Waals surface area (Å²) in [6.07, 6.45) is 5.28. The van der Waals surface area contributed by atoms with E-state index in [4.69, 9.17) is 0 Å².